The van der Waals surface area contributed by atoms with E-state index in [1.165, 1.54) is 24.3 Å². The summed E-state index contributed by atoms with van der Waals surface area (Å²) < 4.78 is 10.2. The monoisotopic (exact) mass is 295 g/mol. The van der Waals surface area contributed by atoms with E-state index in [0.717, 1.165) is 0 Å². The van der Waals surface area contributed by atoms with Gasteiger partial charge in [0.1, 0.15) is 0 Å². The molecule has 0 bridgehead atoms. The Bertz CT molecular complexity index is 505. The van der Waals surface area contributed by atoms with Gasteiger partial charge in [0.2, 0.25) is 6.29 Å². The summed E-state index contributed by atoms with van der Waals surface area (Å²) in [5.74, 6) is -0.902. The Labute approximate surface area is 122 Å². The van der Waals surface area contributed by atoms with Crippen molar-refractivity contribution in [3.8, 4) is 0 Å². The van der Waals surface area contributed by atoms with Gasteiger partial charge >= 0.3 is 0 Å². The number of ketones is 2. The Hall–Kier alpha value is -2.12. The Balaban J connectivity index is 2.70. The van der Waals surface area contributed by atoms with Crippen LogP contribution in [0.2, 0.25) is 0 Å². The van der Waals surface area contributed by atoms with E-state index in [2.05, 4.69) is 0 Å². The highest BCUT2D eigenvalue weighted by molar-refractivity contribution is 6.08. The number of non-ortho nitro benzene ring substituents is 1. The van der Waals surface area contributed by atoms with Gasteiger partial charge in [-0.2, -0.15) is 0 Å². The molecule has 0 fully saturated rings. The first kappa shape index (κ1) is 16.9. The number of Topliss-reactive ketones (excluding diaryl/α,β-unsaturated/α-hetero) is 2. The van der Waals surface area contributed by atoms with Crippen molar-refractivity contribution in [1.82, 2.24) is 0 Å². The third-order valence-corrected chi connectivity index (χ3v) is 2.63. The number of hydrogen-bond acceptors (Lipinski definition) is 6. The Kier molecular flexibility index (Phi) is 6.64. The highest BCUT2D eigenvalue weighted by Gasteiger charge is 2.22. The molecule has 0 aromatic heterocycles. The van der Waals surface area contributed by atoms with Crippen molar-refractivity contribution >= 4 is 17.3 Å². The standard InChI is InChI=1S/C14H17NO6/c1-3-20-14(21-4-2)13(17)9-12(16)10-5-7-11(8-6-10)15(18)19/h5-8,14H,3-4,9H2,1-2H3. The minimum absolute atomic E-state index is 0.112. The maximum Gasteiger partial charge on any atom is 0.269 e. The molecule has 0 unspecified atom stereocenters. The largest absolute Gasteiger partial charge is 0.346 e. The van der Waals surface area contributed by atoms with Gasteiger partial charge in [-0.25, -0.2) is 0 Å². The summed E-state index contributed by atoms with van der Waals surface area (Å²) in [5, 5.41) is 10.5. The molecule has 0 atom stereocenters. The minimum atomic E-state index is -1.05. The van der Waals surface area contributed by atoms with E-state index in [-0.39, 0.29) is 17.7 Å². The van der Waals surface area contributed by atoms with Gasteiger partial charge in [0, 0.05) is 30.9 Å². The summed E-state index contributed by atoms with van der Waals surface area (Å²) in [6.45, 7) is 4.03. The number of benzene rings is 1. The van der Waals surface area contributed by atoms with Crippen LogP contribution >= 0.6 is 0 Å². The Morgan fingerprint density at radius 1 is 1.14 bits per heavy atom. The van der Waals surface area contributed by atoms with Crippen LogP contribution in [0.15, 0.2) is 24.3 Å². The fourth-order valence-electron chi connectivity index (χ4n) is 1.65. The minimum Gasteiger partial charge on any atom is -0.346 e. The molecule has 21 heavy (non-hydrogen) atoms. The number of hydrogen-bond donors (Lipinski definition) is 0. The average Bonchev–Trinajstić information content (AvgIpc) is 2.47. The summed E-state index contributed by atoms with van der Waals surface area (Å²) in [5.41, 5.74) is 0.125. The van der Waals surface area contributed by atoms with E-state index in [1.54, 1.807) is 13.8 Å². The van der Waals surface area contributed by atoms with Crippen molar-refractivity contribution in [3.63, 3.8) is 0 Å². The molecule has 0 radical (unpaired) electrons. The number of nitro groups is 1. The molecule has 0 spiro atoms. The zero-order valence-corrected chi connectivity index (χ0v) is 11.9. The van der Waals surface area contributed by atoms with E-state index in [0.29, 0.717) is 13.2 Å². The summed E-state index contributed by atoms with van der Waals surface area (Å²) >= 11 is 0. The number of nitro benzene ring substituents is 1. The number of carbonyl (C=O) groups excluding carboxylic acids is 2. The van der Waals surface area contributed by atoms with Gasteiger partial charge in [0.05, 0.1) is 11.3 Å². The van der Waals surface area contributed by atoms with Gasteiger partial charge in [-0.05, 0) is 26.0 Å². The predicted octanol–water partition coefficient (Wildman–Crippen LogP) is 2.14. The van der Waals surface area contributed by atoms with Crippen LogP contribution in [-0.4, -0.2) is 36.0 Å². The molecule has 114 valence electrons. The van der Waals surface area contributed by atoms with Crippen LogP contribution in [0.3, 0.4) is 0 Å². The summed E-state index contributed by atoms with van der Waals surface area (Å²) in [6.07, 6.45) is -1.43. The van der Waals surface area contributed by atoms with Crippen molar-refractivity contribution in [1.29, 1.82) is 0 Å². The highest BCUT2D eigenvalue weighted by atomic mass is 16.7. The van der Waals surface area contributed by atoms with E-state index in [1.807, 2.05) is 0 Å². The lowest BCUT2D eigenvalue weighted by Gasteiger charge is -2.15. The van der Waals surface area contributed by atoms with Crippen LogP contribution in [0.1, 0.15) is 30.6 Å². The molecule has 0 saturated carbocycles. The SMILES string of the molecule is CCOC(OCC)C(=O)CC(=O)c1ccc([N+](=O)[O-])cc1. The zero-order valence-electron chi connectivity index (χ0n) is 11.9. The van der Waals surface area contributed by atoms with Crippen molar-refractivity contribution in [2.75, 3.05) is 13.2 Å². The second-order valence-electron chi connectivity index (χ2n) is 4.11. The lowest BCUT2D eigenvalue weighted by molar-refractivity contribution is -0.384. The van der Waals surface area contributed by atoms with E-state index < -0.39 is 22.8 Å². The summed E-state index contributed by atoms with van der Waals surface area (Å²) in [6, 6.07) is 5.09. The first-order valence-corrected chi connectivity index (χ1v) is 6.53. The van der Waals surface area contributed by atoms with Gasteiger partial charge < -0.3 is 9.47 Å². The van der Waals surface area contributed by atoms with Crippen LogP contribution in [-0.2, 0) is 14.3 Å². The van der Waals surface area contributed by atoms with E-state index in [9.17, 15) is 19.7 Å². The third-order valence-electron chi connectivity index (χ3n) is 2.63. The summed E-state index contributed by atoms with van der Waals surface area (Å²) in [4.78, 5) is 33.8. The normalized spacial score (nSPS) is 10.6. The van der Waals surface area contributed by atoms with Gasteiger partial charge in [-0.3, -0.25) is 19.7 Å². The molecular weight excluding hydrogens is 278 g/mol. The molecule has 0 N–H and O–H groups in total. The fourth-order valence-corrected chi connectivity index (χ4v) is 1.65. The molecule has 1 aromatic carbocycles. The maximum atomic E-state index is 11.9. The van der Waals surface area contributed by atoms with Crippen molar-refractivity contribution < 1.29 is 24.0 Å². The summed E-state index contributed by atoms with van der Waals surface area (Å²) in [7, 11) is 0. The third kappa shape index (κ3) is 5.05. The number of carbonyl (C=O) groups is 2. The molecule has 0 aliphatic rings. The zero-order chi connectivity index (χ0) is 15.8. The predicted molar refractivity (Wildman–Crippen MR) is 74.1 cm³/mol. The fraction of sp³-hybridized carbons (Fsp3) is 0.429. The van der Waals surface area contributed by atoms with Crippen molar-refractivity contribution in [2.24, 2.45) is 0 Å². The lowest BCUT2D eigenvalue weighted by atomic mass is 10.1. The molecule has 0 heterocycles. The van der Waals surface area contributed by atoms with Gasteiger partial charge in [-0.15, -0.1) is 0 Å². The van der Waals surface area contributed by atoms with Crippen molar-refractivity contribution in [3.05, 3.63) is 39.9 Å². The Morgan fingerprint density at radius 2 is 1.67 bits per heavy atom. The number of ether oxygens (including phenoxy) is 2. The smallest absolute Gasteiger partial charge is 0.269 e. The van der Waals surface area contributed by atoms with Crippen LogP contribution in [0.5, 0.6) is 0 Å². The topological polar surface area (TPSA) is 95.7 Å². The second kappa shape index (κ2) is 8.23. The van der Waals surface area contributed by atoms with Crippen molar-refractivity contribution in [2.45, 2.75) is 26.6 Å². The molecular formula is C14H17NO6. The Morgan fingerprint density at radius 3 is 2.10 bits per heavy atom. The molecule has 0 aliphatic heterocycles. The highest BCUT2D eigenvalue weighted by Crippen LogP contribution is 2.14. The quantitative estimate of drug-likeness (QED) is 0.228. The first-order chi connectivity index (χ1) is 9.99. The van der Waals surface area contributed by atoms with Gasteiger partial charge in [0.15, 0.2) is 11.6 Å². The lowest BCUT2D eigenvalue weighted by Crippen LogP contribution is -2.29. The molecule has 1 rings (SSSR count). The maximum absolute atomic E-state index is 11.9. The van der Waals surface area contributed by atoms with Gasteiger partial charge in [0.25, 0.3) is 5.69 Å². The first-order valence-electron chi connectivity index (χ1n) is 6.53. The number of nitrogens with zero attached hydrogens (tertiary/aromatic N) is 1. The van der Waals surface area contributed by atoms with Crippen LogP contribution in [0.25, 0.3) is 0 Å². The average molecular weight is 295 g/mol. The van der Waals surface area contributed by atoms with Crippen LogP contribution in [0.4, 0.5) is 5.69 Å². The molecule has 7 nitrogen and oxygen atoms in total. The second-order valence-corrected chi connectivity index (χ2v) is 4.11. The van der Waals surface area contributed by atoms with Gasteiger partial charge in [-0.1, -0.05) is 0 Å². The van der Waals surface area contributed by atoms with Crippen LogP contribution < -0.4 is 0 Å². The molecule has 7 heteroatoms. The van der Waals surface area contributed by atoms with E-state index >= 15 is 0 Å². The van der Waals surface area contributed by atoms with Crippen LogP contribution in [0, 0.1) is 10.1 Å². The number of rotatable bonds is 9. The molecule has 0 aliphatic carbocycles. The van der Waals surface area contributed by atoms with E-state index in [4.69, 9.17) is 9.47 Å². The molecule has 0 amide bonds. The molecule has 1 aromatic rings. The molecule has 0 saturated heterocycles.